The fourth-order valence-electron chi connectivity index (χ4n) is 3.84. The number of pyridine rings is 2. The standard InChI is InChI=1S/C23H17FN4O10/c24-23(11-34-19(30)13-3-1-6-25-9-13)17-16(36-22(33)37-17)18(38-23)27-8-5-15(29)28(21(27)32)12-35-20(31)14-4-2-7-26-10-14/h1-10,16-18H,11-12H2/t16-,17+,18-,23-/m1/s1. The summed E-state index contributed by atoms with van der Waals surface area (Å²) in [6, 6.07) is 6.72. The number of carbonyl (C=O) groups excluding carboxylic acids is 3. The molecule has 0 saturated carbocycles. The van der Waals surface area contributed by atoms with Crippen LogP contribution < -0.4 is 11.2 Å². The molecule has 0 N–H and O–H groups in total. The van der Waals surface area contributed by atoms with Crippen LogP contribution in [0.2, 0.25) is 0 Å². The Balaban J connectivity index is 1.37. The zero-order chi connectivity index (χ0) is 26.9. The monoisotopic (exact) mass is 528 g/mol. The molecule has 2 aliphatic heterocycles. The van der Waals surface area contributed by atoms with Crippen LogP contribution in [-0.2, 0) is 30.4 Å². The van der Waals surface area contributed by atoms with Gasteiger partial charge in [0.1, 0.15) is 0 Å². The van der Waals surface area contributed by atoms with Gasteiger partial charge in [0.25, 0.3) is 11.4 Å². The lowest BCUT2D eigenvalue weighted by molar-refractivity contribution is -0.211. The quantitative estimate of drug-likeness (QED) is 0.309. The highest BCUT2D eigenvalue weighted by atomic mass is 19.2. The second-order valence-corrected chi connectivity index (χ2v) is 8.06. The van der Waals surface area contributed by atoms with Gasteiger partial charge in [-0.3, -0.25) is 19.3 Å². The number of carbonyl (C=O) groups is 3. The zero-order valence-electron chi connectivity index (χ0n) is 19.2. The average Bonchev–Trinajstić information content (AvgIpc) is 3.44. The van der Waals surface area contributed by atoms with Crippen molar-refractivity contribution < 1.29 is 42.5 Å². The van der Waals surface area contributed by atoms with Crippen molar-refractivity contribution in [2.45, 2.75) is 31.0 Å². The van der Waals surface area contributed by atoms with Gasteiger partial charge in [-0.15, -0.1) is 0 Å². The van der Waals surface area contributed by atoms with Gasteiger partial charge in [-0.05, 0) is 24.3 Å². The van der Waals surface area contributed by atoms with Crippen molar-refractivity contribution in [3.63, 3.8) is 0 Å². The molecule has 196 valence electrons. The smallest absolute Gasteiger partial charge is 0.456 e. The summed E-state index contributed by atoms with van der Waals surface area (Å²) in [5, 5.41) is 0. The molecule has 4 atom stereocenters. The third-order valence-corrected chi connectivity index (χ3v) is 5.67. The normalized spacial score (nSPS) is 23.7. The van der Waals surface area contributed by atoms with Crippen molar-refractivity contribution in [2.75, 3.05) is 6.61 Å². The van der Waals surface area contributed by atoms with Gasteiger partial charge in [0.15, 0.2) is 25.7 Å². The third-order valence-electron chi connectivity index (χ3n) is 5.67. The Morgan fingerprint density at radius 1 is 0.974 bits per heavy atom. The molecule has 3 aromatic heterocycles. The van der Waals surface area contributed by atoms with Crippen LogP contribution in [0.3, 0.4) is 0 Å². The molecular weight excluding hydrogens is 511 g/mol. The molecule has 0 spiro atoms. The van der Waals surface area contributed by atoms with Crippen LogP contribution in [0.15, 0.2) is 70.9 Å². The van der Waals surface area contributed by atoms with Crippen LogP contribution in [0, 0.1) is 0 Å². The number of nitrogens with zero attached hydrogens (tertiary/aromatic N) is 4. The molecule has 14 nitrogen and oxygen atoms in total. The number of hydrogen-bond donors (Lipinski definition) is 0. The molecule has 38 heavy (non-hydrogen) atoms. The molecule has 0 aromatic carbocycles. The Morgan fingerprint density at radius 3 is 2.26 bits per heavy atom. The number of alkyl halides is 1. The molecule has 2 aliphatic rings. The maximum absolute atomic E-state index is 15.9. The average molecular weight is 528 g/mol. The number of ether oxygens (including phenoxy) is 5. The highest BCUT2D eigenvalue weighted by molar-refractivity contribution is 5.89. The van der Waals surface area contributed by atoms with Gasteiger partial charge in [-0.25, -0.2) is 28.1 Å². The fourth-order valence-corrected chi connectivity index (χ4v) is 3.84. The fraction of sp³-hybridized carbons (Fsp3) is 0.261. The minimum Gasteiger partial charge on any atom is -0.456 e. The minimum absolute atomic E-state index is 0.0333. The number of aromatic nitrogens is 4. The van der Waals surface area contributed by atoms with Crippen molar-refractivity contribution >= 4 is 18.1 Å². The van der Waals surface area contributed by atoms with Gasteiger partial charge < -0.3 is 23.7 Å². The highest BCUT2D eigenvalue weighted by Crippen LogP contribution is 2.44. The van der Waals surface area contributed by atoms with E-state index in [9.17, 15) is 24.0 Å². The third kappa shape index (κ3) is 4.61. The molecule has 0 unspecified atom stereocenters. The van der Waals surface area contributed by atoms with E-state index in [2.05, 4.69) is 9.97 Å². The Kier molecular flexibility index (Phi) is 6.42. The number of esters is 2. The molecule has 2 fully saturated rings. The predicted molar refractivity (Wildman–Crippen MR) is 118 cm³/mol. The van der Waals surface area contributed by atoms with Gasteiger partial charge in [-0.2, -0.15) is 0 Å². The summed E-state index contributed by atoms with van der Waals surface area (Å²) >= 11 is 0. The molecule has 5 rings (SSSR count). The van der Waals surface area contributed by atoms with E-state index in [-0.39, 0.29) is 11.1 Å². The Morgan fingerprint density at radius 2 is 1.63 bits per heavy atom. The molecule has 0 aliphatic carbocycles. The SMILES string of the molecule is O=C1O[C@H]2[C@H](n3ccc(=O)n(COC(=O)c4cccnc4)c3=O)O[C@](F)(COC(=O)c3cccnc3)[C@H]2O1. The van der Waals surface area contributed by atoms with Crippen molar-refractivity contribution in [1.29, 1.82) is 0 Å². The summed E-state index contributed by atoms with van der Waals surface area (Å²) in [5.74, 6) is -4.69. The lowest BCUT2D eigenvalue weighted by Crippen LogP contribution is -2.43. The second-order valence-electron chi connectivity index (χ2n) is 8.06. The summed E-state index contributed by atoms with van der Waals surface area (Å²) in [4.78, 5) is 69.3. The lowest BCUT2D eigenvalue weighted by Gasteiger charge is -2.23. The maximum atomic E-state index is 15.9. The first-order valence-electron chi connectivity index (χ1n) is 11.0. The van der Waals surface area contributed by atoms with Gasteiger partial charge in [-0.1, -0.05) is 0 Å². The van der Waals surface area contributed by atoms with E-state index in [1.807, 2.05) is 0 Å². The van der Waals surface area contributed by atoms with Gasteiger partial charge >= 0.3 is 23.8 Å². The minimum atomic E-state index is -2.91. The molecule has 0 radical (unpaired) electrons. The molecule has 15 heteroatoms. The number of rotatable bonds is 7. The van der Waals surface area contributed by atoms with E-state index in [4.69, 9.17) is 23.7 Å². The van der Waals surface area contributed by atoms with Gasteiger partial charge in [0.2, 0.25) is 6.10 Å². The predicted octanol–water partition coefficient (Wildman–Crippen LogP) is 0.570. The summed E-state index contributed by atoms with van der Waals surface area (Å²) in [7, 11) is 0. The van der Waals surface area contributed by atoms with Crippen molar-refractivity contribution in [2.24, 2.45) is 0 Å². The number of hydrogen-bond acceptors (Lipinski definition) is 12. The molecule has 5 heterocycles. The first-order chi connectivity index (χ1) is 18.3. The largest absolute Gasteiger partial charge is 0.509 e. The first kappa shape index (κ1) is 24.8. The Labute approximate surface area is 211 Å². The second kappa shape index (κ2) is 9.85. The Hall–Kier alpha value is -4.92. The van der Waals surface area contributed by atoms with Crippen LogP contribution >= 0.6 is 0 Å². The van der Waals surface area contributed by atoms with Crippen molar-refractivity contribution in [3.8, 4) is 0 Å². The lowest BCUT2D eigenvalue weighted by atomic mass is 10.1. The molecule has 0 amide bonds. The Bertz CT molecular complexity index is 1500. The molecule has 3 aromatic rings. The van der Waals surface area contributed by atoms with Crippen LogP contribution in [0.5, 0.6) is 0 Å². The van der Waals surface area contributed by atoms with E-state index in [0.29, 0.717) is 4.57 Å². The van der Waals surface area contributed by atoms with Gasteiger partial charge in [0, 0.05) is 37.1 Å². The molecular formula is C23H17FN4O10. The highest BCUT2D eigenvalue weighted by Gasteiger charge is 2.65. The van der Waals surface area contributed by atoms with E-state index < -0.39 is 67.0 Å². The summed E-state index contributed by atoms with van der Waals surface area (Å²) in [6.45, 7) is -1.81. The summed E-state index contributed by atoms with van der Waals surface area (Å²) in [5.41, 5.74) is -1.79. The summed E-state index contributed by atoms with van der Waals surface area (Å²) in [6.07, 6.45) is 0.247. The van der Waals surface area contributed by atoms with E-state index >= 15 is 4.39 Å². The van der Waals surface area contributed by atoms with Crippen molar-refractivity contribution in [1.82, 2.24) is 19.1 Å². The number of halogens is 1. The van der Waals surface area contributed by atoms with Crippen LogP contribution in [0.4, 0.5) is 9.18 Å². The van der Waals surface area contributed by atoms with E-state index in [0.717, 1.165) is 16.8 Å². The first-order valence-corrected chi connectivity index (χ1v) is 11.0. The van der Waals surface area contributed by atoms with Crippen LogP contribution in [0.25, 0.3) is 0 Å². The number of fused-ring (bicyclic) bond motifs is 1. The molecule has 2 saturated heterocycles. The van der Waals surface area contributed by atoms with Crippen molar-refractivity contribution in [3.05, 3.63) is 93.3 Å². The zero-order valence-corrected chi connectivity index (χ0v) is 19.2. The molecule has 0 bridgehead atoms. The maximum Gasteiger partial charge on any atom is 0.509 e. The van der Waals surface area contributed by atoms with E-state index in [1.54, 1.807) is 0 Å². The van der Waals surface area contributed by atoms with Crippen LogP contribution in [0.1, 0.15) is 26.9 Å². The topological polar surface area (TPSA) is 167 Å². The van der Waals surface area contributed by atoms with Crippen LogP contribution in [-0.4, -0.2) is 61.9 Å². The van der Waals surface area contributed by atoms with Gasteiger partial charge in [0.05, 0.1) is 11.1 Å². The summed E-state index contributed by atoms with van der Waals surface area (Å²) < 4.78 is 42.5. The van der Waals surface area contributed by atoms with E-state index in [1.165, 1.54) is 49.1 Å².